The molecule has 5 nitrogen and oxygen atoms in total. The molecule has 0 unspecified atom stereocenters. The van der Waals surface area contributed by atoms with Gasteiger partial charge in [0.25, 0.3) is 0 Å². The summed E-state index contributed by atoms with van der Waals surface area (Å²) in [4.78, 5) is 26.8. The highest BCUT2D eigenvalue weighted by atomic mass is 35.5. The fraction of sp³-hybridized carbons (Fsp3) is 0.833. The molecule has 0 spiro atoms. The summed E-state index contributed by atoms with van der Waals surface area (Å²) in [6, 6.07) is -0.480. The van der Waals surface area contributed by atoms with E-state index in [2.05, 4.69) is 0 Å². The van der Waals surface area contributed by atoms with Gasteiger partial charge < -0.3 is 15.5 Å². The zero-order chi connectivity index (χ0) is 13.2. The van der Waals surface area contributed by atoms with Crippen molar-refractivity contribution in [2.24, 2.45) is 11.1 Å². The van der Waals surface area contributed by atoms with Crippen molar-refractivity contribution in [1.82, 2.24) is 9.80 Å². The molecule has 1 aliphatic rings. The van der Waals surface area contributed by atoms with Gasteiger partial charge in [0, 0.05) is 33.1 Å². The van der Waals surface area contributed by atoms with Crippen molar-refractivity contribution in [3.8, 4) is 0 Å². The molecule has 1 rings (SSSR count). The van der Waals surface area contributed by atoms with E-state index < -0.39 is 6.04 Å². The van der Waals surface area contributed by atoms with Crippen LogP contribution in [0.3, 0.4) is 0 Å². The van der Waals surface area contributed by atoms with Crippen molar-refractivity contribution in [3.63, 3.8) is 0 Å². The van der Waals surface area contributed by atoms with Crippen LogP contribution in [-0.4, -0.2) is 53.8 Å². The third-order valence-corrected chi connectivity index (χ3v) is 3.24. The Morgan fingerprint density at radius 2 is 1.44 bits per heavy atom. The average molecular weight is 278 g/mol. The molecule has 0 radical (unpaired) electrons. The highest BCUT2D eigenvalue weighted by molar-refractivity contribution is 5.85. The summed E-state index contributed by atoms with van der Waals surface area (Å²) in [5.74, 6) is 0.0536. The Kier molecular flexibility index (Phi) is 6.10. The largest absolute Gasteiger partial charge is 0.339 e. The summed E-state index contributed by atoms with van der Waals surface area (Å²) in [5.41, 5.74) is 5.72. The fourth-order valence-corrected chi connectivity index (χ4v) is 1.81. The molecule has 0 aromatic rings. The van der Waals surface area contributed by atoms with E-state index >= 15 is 0 Å². The predicted octanol–water partition coefficient (Wildman–Crippen LogP) is 0.472. The van der Waals surface area contributed by atoms with E-state index in [4.69, 9.17) is 5.73 Å². The molecule has 106 valence electrons. The van der Waals surface area contributed by atoms with Crippen molar-refractivity contribution in [2.75, 3.05) is 26.2 Å². The van der Waals surface area contributed by atoms with E-state index in [1.807, 2.05) is 20.8 Å². The van der Waals surface area contributed by atoms with Crippen LogP contribution in [0.15, 0.2) is 0 Å². The molecule has 18 heavy (non-hydrogen) atoms. The minimum atomic E-state index is -0.480. The molecular weight excluding hydrogens is 254 g/mol. The molecule has 0 aromatic heterocycles. The van der Waals surface area contributed by atoms with E-state index in [9.17, 15) is 9.59 Å². The van der Waals surface area contributed by atoms with E-state index in [0.717, 1.165) is 0 Å². The Bertz CT molecular complexity index is 307. The van der Waals surface area contributed by atoms with Crippen molar-refractivity contribution >= 4 is 24.2 Å². The number of amides is 2. The first-order valence-corrected chi connectivity index (χ1v) is 6.03. The number of nitrogens with two attached hydrogens (primary N) is 1. The van der Waals surface area contributed by atoms with Gasteiger partial charge >= 0.3 is 0 Å². The second-order valence-electron chi connectivity index (χ2n) is 5.68. The van der Waals surface area contributed by atoms with E-state index in [0.29, 0.717) is 26.2 Å². The smallest absolute Gasteiger partial charge is 0.240 e. The Morgan fingerprint density at radius 1 is 1.06 bits per heavy atom. The zero-order valence-electron chi connectivity index (χ0n) is 11.6. The summed E-state index contributed by atoms with van der Waals surface area (Å²) in [7, 11) is 0. The maximum atomic E-state index is 12.1. The quantitative estimate of drug-likeness (QED) is 0.758. The molecule has 1 heterocycles. The van der Waals surface area contributed by atoms with Gasteiger partial charge in [0.1, 0.15) is 0 Å². The Morgan fingerprint density at radius 3 is 1.78 bits per heavy atom. The lowest BCUT2D eigenvalue weighted by Gasteiger charge is -2.37. The summed E-state index contributed by atoms with van der Waals surface area (Å²) in [6.45, 7) is 9.82. The van der Waals surface area contributed by atoms with Crippen LogP contribution < -0.4 is 5.73 Å². The number of hydrogen-bond donors (Lipinski definition) is 1. The van der Waals surface area contributed by atoms with Gasteiger partial charge in [-0.05, 0) is 5.41 Å². The molecule has 2 N–H and O–H groups in total. The van der Waals surface area contributed by atoms with Gasteiger partial charge in [-0.3, -0.25) is 9.59 Å². The van der Waals surface area contributed by atoms with Gasteiger partial charge in [-0.1, -0.05) is 20.8 Å². The average Bonchev–Trinajstić information content (AvgIpc) is 2.26. The van der Waals surface area contributed by atoms with Gasteiger partial charge in [0.15, 0.2) is 0 Å². The molecular formula is C12H24ClN3O2. The molecule has 0 saturated carbocycles. The standard InChI is InChI=1S/C12H23N3O2.ClH/c1-9(16)14-5-7-15(8-6-14)11(17)10(13)12(2,3)4;/h10H,5-8,13H2,1-4H3;1H/t10-;/m1./s1. The number of carbonyl (C=O) groups is 2. The number of rotatable bonds is 1. The van der Waals surface area contributed by atoms with Crippen LogP contribution in [0, 0.1) is 5.41 Å². The molecule has 0 aromatic carbocycles. The summed E-state index contributed by atoms with van der Waals surface area (Å²) in [5, 5.41) is 0. The Balaban J connectivity index is 0.00000289. The number of halogens is 1. The number of nitrogens with zero attached hydrogens (tertiary/aromatic N) is 2. The van der Waals surface area contributed by atoms with E-state index in [1.165, 1.54) is 0 Å². The molecule has 1 aliphatic heterocycles. The van der Waals surface area contributed by atoms with Crippen molar-refractivity contribution in [3.05, 3.63) is 0 Å². The highest BCUT2D eigenvalue weighted by Crippen LogP contribution is 2.19. The lowest BCUT2D eigenvalue weighted by Crippen LogP contribution is -2.56. The first kappa shape index (κ1) is 17.2. The number of carbonyl (C=O) groups excluding carboxylic acids is 2. The van der Waals surface area contributed by atoms with Gasteiger partial charge in [-0.15, -0.1) is 12.4 Å². The van der Waals surface area contributed by atoms with E-state index in [-0.39, 0.29) is 29.6 Å². The van der Waals surface area contributed by atoms with Crippen LogP contribution in [0.1, 0.15) is 27.7 Å². The lowest BCUT2D eigenvalue weighted by atomic mass is 9.86. The van der Waals surface area contributed by atoms with Gasteiger partial charge in [-0.25, -0.2) is 0 Å². The van der Waals surface area contributed by atoms with Crippen LogP contribution in [-0.2, 0) is 9.59 Å². The molecule has 6 heteroatoms. The monoisotopic (exact) mass is 277 g/mol. The Labute approximate surface area is 115 Å². The maximum absolute atomic E-state index is 12.1. The van der Waals surface area contributed by atoms with Gasteiger partial charge in [0.2, 0.25) is 11.8 Å². The second-order valence-corrected chi connectivity index (χ2v) is 5.68. The van der Waals surface area contributed by atoms with Crippen LogP contribution in [0.5, 0.6) is 0 Å². The predicted molar refractivity (Wildman–Crippen MR) is 73.5 cm³/mol. The van der Waals surface area contributed by atoms with Gasteiger partial charge in [0.05, 0.1) is 6.04 Å². The van der Waals surface area contributed by atoms with Crippen molar-refractivity contribution < 1.29 is 9.59 Å². The van der Waals surface area contributed by atoms with E-state index in [1.54, 1.807) is 16.7 Å². The zero-order valence-corrected chi connectivity index (χ0v) is 12.4. The molecule has 0 aliphatic carbocycles. The van der Waals surface area contributed by atoms with Crippen LogP contribution >= 0.6 is 12.4 Å². The second kappa shape index (κ2) is 6.38. The lowest BCUT2D eigenvalue weighted by molar-refractivity contribution is -0.140. The molecule has 1 fully saturated rings. The molecule has 1 saturated heterocycles. The summed E-state index contributed by atoms with van der Waals surface area (Å²) >= 11 is 0. The van der Waals surface area contributed by atoms with Crippen LogP contribution in [0.25, 0.3) is 0 Å². The first-order chi connectivity index (χ1) is 7.73. The first-order valence-electron chi connectivity index (χ1n) is 6.03. The maximum Gasteiger partial charge on any atom is 0.240 e. The summed E-state index contributed by atoms with van der Waals surface area (Å²) < 4.78 is 0. The SMILES string of the molecule is CC(=O)N1CCN(C(=O)[C@@H](N)C(C)(C)C)CC1.Cl. The Hall–Kier alpha value is -0.810. The van der Waals surface area contributed by atoms with Crippen molar-refractivity contribution in [2.45, 2.75) is 33.7 Å². The number of piperazine rings is 1. The van der Waals surface area contributed by atoms with Crippen LogP contribution in [0.4, 0.5) is 0 Å². The normalized spacial score (nSPS) is 18.1. The van der Waals surface area contributed by atoms with Crippen LogP contribution in [0.2, 0.25) is 0 Å². The third-order valence-electron chi connectivity index (χ3n) is 3.24. The topological polar surface area (TPSA) is 66.6 Å². The third kappa shape index (κ3) is 4.14. The fourth-order valence-electron chi connectivity index (χ4n) is 1.81. The minimum Gasteiger partial charge on any atom is -0.339 e. The minimum absolute atomic E-state index is 0. The summed E-state index contributed by atoms with van der Waals surface area (Å²) in [6.07, 6.45) is 0. The molecule has 1 atom stereocenters. The highest BCUT2D eigenvalue weighted by Gasteiger charge is 2.32. The van der Waals surface area contributed by atoms with Gasteiger partial charge in [-0.2, -0.15) is 0 Å². The molecule has 0 bridgehead atoms. The van der Waals surface area contributed by atoms with Crippen molar-refractivity contribution in [1.29, 1.82) is 0 Å². The number of hydrogen-bond acceptors (Lipinski definition) is 3. The molecule has 2 amide bonds.